The molecule has 2 aliphatic heterocycles. The Balaban J connectivity index is 1.38. The summed E-state index contributed by atoms with van der Waals surface area (Å²) in [5, 5.41) is 5.56. The van der Waals surface area contributed by atoms with E-state index in [1.807, 2.05) is 0 Å². The molecule has 2 fully saturated rings. The molecule has 0 saturated carbocycles. The summed E-state index contributed by atoms with van der Waals surface area (Å²) in [5.74, 6) is 2.01. The van der Waals surface area contributed by atoms with Crippen LogP contribution in [0.3, 0.4) is 0 Å². The van der Waals surface area contributed by atoms with Crippen molar-refractivity contribution in [3.8, 4) is 0 Å². The number of fused-ring (bicyclic) bond motifs is 1. The number of piperazine rings is 1. The third-order valence-electron chi connectivity index (χ3n) is 4.87. The number of thiophene rings is 1. The predicted molar refractivity (Wildman–Crippen MR) is 91.7 cm³/mol. The zero-order valence-electron chi connectivity index (χ0n) is 12.9. The van der Waals surface area contributed by atoms with E-state index < -0.39 is 0 Å². The van der Waals surface area contributed by atoms with Gasteiger partial charge in [-0.05, 0) is 43.3 Å². The quantitative estimate of drug-likeness (QED) is 0.935. The van der Waals surface area contributed by atoms with Crippen molar-refractivity contribution in [2.24, 2.45) is 5.92 Å². The number of hydrogen-bond donors (Lipinski definition) is 1. The second kappa shape index (κ2) is 6.48. The maximum atomic E-state index is 4.54. The minimum Gasteiger partial charge on any atom is -0.353 e. The van der Waals surface area contributed by atoms with Gasteiger partial charge in [-0.25, -0.2) is 9.97 Å². The van der Waals surface area contributed by atoms with Gasteiger partial charge in [-0.2, -0.15) is 0 Å². The number of hydrogen-bond acceptors (Lipinski definition) is 6. The Morgan fingerprint density at radius 2 is 1.95 bits per heavy atom. The van der Waals surface area contributed by atoms with Crippen molar-refractivity contribution in [1.29, 1.82) is 0 Å². The lowest BCUT2D eigenvalue weighted by Gasteiger charge is -2.37. The molecule has 0 aromatic carbocycles. The second-order valence-electron chi connectivity index (χ2n) is 6.31. The zero-order chi connectivity index (χ0) is 14.8. The third-order valence-corrected chi connectivity index (χ3v) is 5.77. The van der Waals surface area contributed by atoms with Crippen LogP contribution in [0.1, 0.15) is 12.8 Å². The summed E-state index contributed by atoms with van der Waals surface area (Å²) in [6.07, 6.45) is 4.37. The summed E-state index contributed by atoms with van der Waals surface area (Å²) in [4.78, 5) is 14.0. The van der Waals surface area contributed by atoms with Crippen molar-refractivity contribution in [2.75, 3.05) is 50.7 Å². The molecule has 6 heteroatoms. The summed E-state index contributed by atoms with van der Waals surface area (Å²) in [5.41, 5.74) is 1.08. The molecule has 2 aromatic heterocycles. The minimum absolute atomic E-state index is 0.885. The van der Waals surface area contributed by atoms with Crippen molar-refractivity contribution in [1.82, 2.24) is 20.2 Å². The highest BCUT2D eigenvalue weighted by molar-refractivity contribution is 7.17. The van der Waals surface area contributed by atoms with E-state index in [9.17, 15) is 0 Å². The molecule has 0 radical (unpaired) electrons. The molecular weight excluding hydrogens is 294 g/mol. The molecule has 0 spiro atoms. The topological polar surface area (TPSA) is 44.3 Å². The van der Waals surface area contributed by atoms with E-state index in [1.165, 1.54) is 37.2 Å². The normalized spacial score (nSPS) is 21.5. The standard InChI is InChI=1S/C16H23N5S/c1-4-17-5-2-13(1)11-20-6-8-21(9-7-20)16-15-14(3-10-22-15)18-12-19-16/h3,10,12-13,17H,1-2,4-9,11H2. The van der Waals surface area contributed by atoms with Gasteiger partial charge in [-0.15, -0.1) is 11.3 Å². The largest absolute Gasteiger partial charge is 0.353 e. The molecule has 2 aromatic rings. The van der Waals surface area contributed by atoms with Crippen LogP contribution in [0, 0.1) is 5.92 Å². The van der Waals surface area contributed by atoms with E-state index in [0.29, 0.717) is 0 Å². The van der Waals surface area contributed by atoms with Crippen LogP contribution in [0.5, 0.6) is 0 Å². The predicted octanol–water partition coefficient (Wildman–Crippen LogP) is 1.81. The molecule has 4 rings (SSSR count). The van der Waals surface area contributed by atoms with Crippen molar-refractivity contribution < 1.29 is 0 Å². The van der Waals surface area contributed by atoms with Crippen LogP contribution < -0.4 is 10.2 Å². The average molecular weight is 317 g/mol. The molecule has 22 heavy (non-hydrogen) atoms. The minimum atomic E-state index is 0.885. The summed E-state index contributed by atoms with van der Waals surface area (Å²) in [7, 11) is 0. The first-order valence-corrected chi connectivity index (χ1v) is 9.14. The van der Waals surface area contributed by atoms with Gasteiger partial charge in [-0.1, -0.05) is 0 Å². The summed E-state index contributed by atoms with van der Waals surface area (Å²) in [6.45, 7) is 8.13. The Morgan fingerprint density at radius 1 is 1.14 bits per heavy atom. The average Bonchev–Trinajstić information content (AvgIpc) is 3.05. The van der Waals surface area contributed by atoms with E-state index >= 15 is 0 Å². The van der Waals surface area contributed by atoms with Gasteiger partial charge in [-0.3, -0.25) is 4.90 Å². The summed E-state index contributed by atoms with van der Waals surface area (Å²) in [6, 6.07) is 2.08. The number of nitrogens with zero attached hydrogens (tertiary/aromatic N) is 4. The van der Waals surface area contributed by atoms with Gasteiger partial charge in [0.05, 0.1) is 10.2 Å². The molecule has 2 aliphatic rings. The fraction of sp³-hybridized carbons (Fsp3) is 0.625. The smallest absolute Gasteiger partial charge is 0.150 e. The molecule has 0 amide bonds. The van der Waals surface area contributed by atoms with Crippen LogP contribution in [-0.2, 0) is 0 Å². The lowest BCUT2D eigenvalue weighted by molar-refractivity contribution is 0.196. The highest BCUT2D eigenvalue weighted by Gasteiger charge is 2.23. The first-order valence-electron chi connectivity index (χ1n) is 8.26. The van der Waals surface area contributed by atoms with E-state index in [0.717, 1.165) is 43.4 Å². The molecule has 2 saturated heterocycles. The highest BCUT2D eigenvalue weighted by atomic mass is 32.1. The Morgan fingerprint density at radius 3 is 2.77 bits per heavy atom. The monoisotopic (exact) mass is 317 g/mol. The number of piperidine rings is 1. The number of aromatic nitrogens is 2. The Kier molecular flexibility index (Phi) is 4.23. The fourth-order valence-corrected chi connectivity index (χ4v) is 4.43. The van der Waals surface area contributed by atoms with Gasteiger partial charge in [0.15, 0.2) is 0 Å². The molecule has 0 bridgehead atoms. The van der Waals surface area contributed by atoms with Crippen molar-refractivity contribution >= 4 is 27.4 Å². The van der Waals surface area contributed by atoms with Crippen molar-refractivity contribution in [3.63, 3.8) is 0 Å². The van der Waals surface area contributed by atoms with E-state index in [4.69, 9.17) is 0 Å². The molecule has 118 valence electrons. The molecule has 0 aliphatic carbocycles. The maximum absolute atomic E-state index is 4.54. The Hall–Kier alpha value is -1.24. The van der Waals surface area contributed by atoms with E-state index in [-0.39, 0.29) is 0 Å². The molecule has 0 unspecified atom stereocenters. The van der Waals surface area contributed by atoms with Crippen LogP contribution in [-0.4, -0.2) is 60.7 Å². The molecule has 4 heterocycles. The van der Waals surface area contributed by atoms with Crippen molar-refractivity contribution in [2.45, 2.75) is 12.8 Å². The fourth-order valence-electron chi connectivity index (χ4n) is 3.57. The second-order valence-corrected chi connectivity index (χ2v) is 7.23. The molecule has 0 atom stereocenters. The SMILES string of the molecule is c1nc(N2CCN(CC3CCNCC3)CC2)c2sccc2n1. The Labute approximate surface area is 135 Å². The van der Waals surface area contributed by atoms with Crippen LogP contribution in [0.2, 0.25) is 0 Å². The Bertz CT molecular complexity index is 614. The highest BCUT2D eigenvalue weighted by Crippen LogP contribution is 2.28. The van der Waals surface area contributed by atoms with Crippen LogP contribution in [0.25, 0.3) is 10.2 Å². The third kappa shape index (κ3) is 2.95. The zero-order valence-corrected chi connectivity index (χ0v) is 13.7. The van der Waals surface area contributed by atoms with Gasteiger partial charge in [0.2, 0.25) is 0 Å². The van der Waals surface area contributed by atoms with Gasteiger partial charge < -0.3 is 10.2 Å². The molecule has 5 nitrogen and oxygen atoms in total. The van der Waals surface area contributed by atoms with Gasteiger partial charge >= 0.3 is 0 Å². The first kappa shape index (κ1) is 14.4. The van der Waals surface area contributed by atoms with Gasteiger partial charge in [0.1, 0.15) is 12.1 Å². The number of rotatable bonds is 3. The molecular formula is C16H23N5S. The van der Waals surface area contributed by atoms with Crippen LogP contribution in [0.4, 0.5) is 5.82 Å². The van der Waals surface area contributed by atoms with Crippen LogP contribution in [0.15, 0.2) is 17.8 Å². The van der Waals surface area contributed by atoms with E-state index in [2.05, 4.69) is 36.5 Å². The lowest BCUT2D eigenvalue weighted by atomic mass is 9.97. The number of anilines is 1. The summed E-state index contributed by atoms with van der Waals surface area (Å²) < 4.78 is 1.23. The molecule has 1 N–H and O–H groups in total. The van der Waals surface area contributed by atoms with E-state index in [1.54, 1.807) is 17.7 Å². The first-order chi connectivity index (χ1) is 10.9. The summed E-state index contributed by atoms with van der Waals surface area (Å²) >= 11 is 1.75. The van der Waals surface area contributed by atoms with Crippen molar-refractivity contribution in [3.05, 3.63) is 17.8 Å². The maximum Gasteiger partial charge on any atom is 0.150 e. The van der Waals surface area contributed by atoms with Crippen LogP contribution >= 0.6 is 11.3 Å². The lowest BCUT2D eigenvalue weighted by Crippen LogP contribution is -2.48. The van der Waals surface area contributed by atoms with Gasteiger partial charge in [0.25, 0.3) is 0 Å². The number of nitrogens with one attached hydrogen (secondary N) is 1. The van der Waals surface area contributed by atoms with Gasteiger partial charge in [0, 0.05) is 32.7 Å².